The molecule has 0 aliphatic heterocycles. The highest BCUT2D eigenvalue weighted by molar-refractivity contribution is 5.28. The fourth-order valence-corrected chi connectivity index (χ4v) is 1.24. The highest BCUT2D eigenvalue weighted by atomic mass is 16.3. The van der Waals surface area contributed by atoms with Crippen LogP contribution in [0.25, 0.3) is 0 Å². The van der Waals surface area contributed by atoms with Crippen LogP contribution in [-0.4, -0.2) is 11.7 Å². The summed E-state index contributed by atoms with van der Waals surface area (Å²) in [5, 5.41) is 9.09. The minimum Gasteiger partial charge on any atom is -0.394 e. The van der Waals surface area contributed by atoms with Crippen molar-refractivity contribution in [3.8, 4) is 0 Å². The molecular formula is C11H17NO. The molecule has 0 bridgehead atoms. The summed E-state index contributed by atoms with van der Waals surface area (Å²) in [6.45, 7) is 3.91. The molecule has 2 nitrogen and oxygen atoms in total. The van der Waals surface area contributed by atoms with E-state index in [4.69, 9.17) is 10.8 Å². The lowest BCUT2D eigenvalue weighted by atomic mass is 9.92. The van der Waals surface area contributed by atoms with Crippen LogP contribution < -0.4 is 5.73 Å². The van der Waals surface area contributed by atoms with E-state index in [1.54, 1.807) is 0 Å². The van der Waals surface area contributed by atoms with Crippen molar-refractivity contribution in [2.24, 2.45) is 5.73 Å². The molecule has 0 aliphatic rings. The zero-order valence-electron chi connectivity index (χ0n) is 8.25. The monoisotopic (exact) mass is 179 g/mol. The van der Waals surface area contributed by atoms with Gasteiger partial charge in [0.25, 0.3) is 0 Å². The Morgan fingerprint density at radius 3 is 2.69 bits per heavy atom. The number of hydrogen-bond donors (Lipinski definition) is 2. The number of benzene rings is 1. The molecule has 0 aromatic heterocycles. The van der Waals surface area contributed by atoms with Gasteiger partial charge in [-0.25, -0.2) is 0 Å². The largest absolute Gasteiger partial charge is 0.394 e. The van der Waals surface area contributed by atoms with E-state index in [2.05, 4.69) is 19.1 Å². The Hall–Kier alpha value is -0.860. The molecule has 0 fully saturated rings. The van der Waals surface area contributed by atoms with Crippen molar-refractivity contribution in [3.05, 3.63) is 35.4 Å². The maximum absolute atomic E-state index is 9.09. The second-order valence-corrected chi connectivity index (χ2v) is 3.63. The van der Waals surface area contributed by atoms with E-state index in [0.29, 0.717) is 0 Å². The Bertz CT molecular complexity index is 281. The number of hydrogen-bond acceptors (Lipinski definition) is 2. The fourth-order valence-electron chi connectivity index (χ4n) is 1.24. The summed E-state index contributed by atoms with van der Waals surface area (Å²) in [5.41, 5.74) is 7.54. The van der Waals surface area contributed by atoms with Crippen LogP contribution in [0.1, 0.15) is 25.0 Å². The molecule has 1 aromatic carbocycles. The van der Waals surface area contributed by atoms with Gasteiger partial charge in [-0.1, -0.05) is 31.2 Å². The summed E-state index contributed by atoms with van der Waals surface area (Å²) in [6.07, 6.45) is 0.995. The van der Waals surface area contributed by atoms with E-state index in [9.17, 15) is 0 Å². The van der Waals surface area contributed by atoms with Gasteiger partial charge in [0, 0.05) is 0 Å². The molecule has 1 aromatic rings. The van der Waals surface area contributed by atoms with Crippen LogP contribution in [0.2, 0.25) is 0 Å². The Morgan fingerprint density at radius 2 is 2.15 bits per heavy atom. The first-order chi connectivity index (χ1) is 6.10. The predicted molar refractivity (Wildman–Crippen MR) is 54.4 cm³/mol. The molecule has 2 heteroatoms. The van der Waals surface area contributed by atoms with Gasteiger partial charge in [-0.05, 0) is 24.5 Å². The average molecular weight is 179 g/mol. The van der Waals surface area contributed by atoms with Crippen molar-refractivity contribution in [3.63, 3.8) is 0 Å². The lowest BCUT2D eigenvalue weighted by Crippen LogP contribution is -2.36. The van der Waals surface area contributed by atoms with E-state index in [0.717, 1.165) is 12.0 Å². The van der Waals surface area contributed by atoms with Gasteiger partial charge in [0.1, 0.15) is 0 Å². The fraction of sp³-hybridized carbons (Fsp3) is 0.455. The van der Waals surface area contributed by atoms with Crippen molar-refractivity contribution >= 4 is 0 Å². The molecular weight excluding hydrogens is 162 g/mol. The highest BCUT2D eigenvalue weighted by Gasteiger charge is 2.19. The summed E-state index contributed by atoms with van der Waals surface area (Å²) < 4.78 is 0. The average Bonchev–Trinajstić information content (AvgIpc) is 2.18. The first-order valence-electron chi connectivity index (χ1n) is 4.59. The van der Waals surface area contributed by atoms with Gasteiger partial charge >= 0.3 is 0 Å². The quantitative estimate of drug-likeness (QED) is 0.737. The molecule has 0 heterocycles. The number of rotatable bonds is 3. The normalized spacial score (nSPS) is 15.4. The summed E-state index contributed by atoms with van der Waals surface area (Å²) in [6, 6.07) is 8.05. The first-order valence-corrected chi connectivity index (χ1v) is 4.59. The van der Waals surface area contributed by atoms with E-state index < -0.39 is 5.54 Å². The molecule has 0 aliphatic carbocycles. The van der Waals surface area contributed by atoms with Crippen LogP contribution in [0.5, 0.6) is 0 Å². The maximum Gasteiger partial charge on any atom is 0.0650 e. The molecule has 0 saturated heterocycles. The van der Waals surface area contributed by atoms with Crippen molar-refractivity contribution in [1.29, 1.82) is 0 Å². The highest BCUT2D eigenvalue weighted by Crippen LogP contribution is 2.18. The molecule has 0 spiro atoms. The van der Waals surface area contributed by atoms with Crippen molar-refractivity contribution in [2.75, 3.05) is 6.61 Å². The molecule has 0 saturated carbocycles. The number of aliphatic hydroxyl groups excluding tert-OH is 1. The molecule has 0 amide bonds. The third-order valence-electron chi connectivity index (χ3n) is 2.32. The smallest absolute Gasteiger partial charge is 0.0650 e. The van der Waals surface area contributed by atoms with E-state index in [1.165, 1.54) is 5.56 Å². The topological polar surface area (TPSA) is 46.2 Å². The molecule has 3 N–H and O–H groups in total. The molecule has 1 rings (SSSR count). The summed E-state index contributed by atoms with van der Waals surface area (Å²) >= 11 is 0. The van der Waals surface area contributed by atoms with Crippen LogP contribution in [-0.2, 0) is 12.0 Å². The Labute approximate surface area is 79.4 Å². The van der Waals surface area contributed by atoms with Crippen molar-refractivity contribution in [1.82, 2.24) is 0 Å². The van der Waals surface area contributed by atoms with E-state index in [-0.39, 0.29) is 6.61 Å². The molecule has 13 heavy (non-hydrogen) atoms. The zero-order chi connectivity index (χ0) is 9.90. The van der Waals surface area contributed by atoms with Crippen molar-refractivity contribution < 1.29 is 5.11 Å². The van der Waals surface area contributed by atoms with Gasteiger partial charge in [0.15, 0.2) is 0 Å². The third kappa shape index (κ3) is 2.29. The third-order valence-corrected chi connectivity index (χ3v) is 2.32. The van der Waals surface area contributed by atoms with Crippen LogP contribution in [0.4, 0.5) is 0 Å². The van der Waals surface area contributed by atoms with Gasteiger partial charge in [-0.3, -0.25) is 0 Å². The molecule has 1 atom stereocenters. The van der Waals surface area contributed by atoms with E-state index in [1.807, 2.05) is 19.1 Å². The van der Waals surface area contributed by atoms with Gasteiger partial charge in [-0.2, -0.15) is 0 Å². The summed E-state index contributed by atoms with van der Waals surface area (Å²) in [7, 11) is 0. The minimum absolute atomic E-state index is 0.0276. The number of nitrogens with two attached hydrogens (primary N) is 1. The number of aryl methyl sites for hydroxylation is 1. The Kier molecular flexibility index (Phi) is 3.07. The lowest BCUT2D eigenvalue weighted by Gasteiger charge is -2.22. The van der Waals surface area contributed by atoms with Gasteiger partial charge in [0.05, 0.1) is 12.1 Å². The number of aliphatic hydroxyl groups is 1. The second-order valence-electron chi connectivity index (χ2n) is 3.63. The molecule has 1 unspecified atom stereocenters. The Balaban J connectivity index is 3.01. The van der Waals surface area contributed by atoms with Crippen LogP contribution in [0.15, 0.2) is 24.3 Å². The van der Waals surface area contributed by atoms with Crippen LogP contribution >= 0.6 is 0 Å². The van der Waals surface area contributed by atoms with Gasteiger partial charge < -0.3 is 10.8 Å². The van der Waals surface area contributed by atoms with Gasteiger partial charge in [0.2, 0.25) is 0 Å². The van der Waals surface area contributed by atoms with E-state index >= 15 is 0 Å². The lowest BCUT2D eigenvalue weighted by molar-refractivity contribution is 0.210. The summed E-state index contributed by atoms with van der Waals surface area (Å²) in [5.74, 6) is 0. The molecule has 0 radical (unpaired) electrons. The predicted octanol–water partition coefficient (Wildman–Crippen LogP) is 1.42. The standard InChI is InChI=1S/C11H17NO/c1-3-9-5-4-6-10(7-9)11(2,12)8-13/h4-7,13H,3,8,12H2,1-2H3. The summed E-state index contributed by atoms with van der Waals surface area (Å²) in [4.78, 5) is 0. The van der Waals surface area contributed by atoms with Crippen LogP contribution in [0, 0.1) is 0 Å². The zero-order valence-corrected chi connectivity index (χ0v) is 8.25. The Morgan fingerprint density at radius 1 is 1.46 bits per heavy atom. The second kappa shape index (κ2) is 3.90. The van der Waals surface area contributed by atoms with Crippen LogP contribution in [0.3, 0.4) is 0 Å². The van der Waals surface area contributed by atoms with Crippen molar-refractivity contribution in [2.45, 2.75) is 25.8 Å². The van der Waals surface area contributed by atoms with Gasteiger partial charge in [-0.15, -0.1) is 0 Å². The SMILES string of the molecule is CCc1cccc(C(C)(N)CO)c1. The first kappa shape index (κ1) is 10.2. The maximum atomic E-state index is 9.09. The minimum atomic E-state index is -0.620. The molecule has 72 valence electrons.